The summed E-state index contributed by atoms with van der Waals surface area (Å²) in [5.74, 6) is -0.263. The Balaban J connectivity index is 1.54. The van der Waals surface area contributed by atoms with Crippen molar-refractivity contribution in [3.05, 3.63) is 65.7 Å². The van der Waals surface area contributed by atoms with Crippen molar-refractivity contribution in [3.63, 3.8) is 0 Å². The molecular weight excluding hydrogens is 368 g/mol. The molecule has 1 N–H and O–H groups in total. The van der Waals surface area contributed by atoms with Gasteiger partial charge in [-0.1, -0.05) is 36.4 Å². The number of esters is 2. The molecule has 29 heavy (non-hydrogen) atoms. The highest BCUT2D eigenvalue weighted by molar-refractivity contribution is 5.90. The predicted octanol–water partition coefficient (Wildman–Crippen LogP) is 3.26. The molecule has 1 unspecified atom stereocenters. The highest BCUT2D eigenvalue weighted by atomic mass is 16.5. The van der Waals surface area contributed by atoms with E-state index in [1.54, 1.807) is 18.2 Å². The maximum atomic E-state index is 13.2. The van der Waals surface area contributed by atoms with Gasteiger partial charge in [-0.3, -0.25) is 4.90 Å². The number of nitrogens with one attached hydrogen (secondary N) is 1. The zero-order chi connectivity index (χ0) is 20.2. The molecule has 2 aromatic rings. The maximum absolute atomic E-state index is 13.2. The number of carbonyl (C=O) groups excluding carboxylic acids is 2. The fraction of sp³-hybridized carbons (Fsp3) is 0.391. The van der Waals surface area contributed by atoms with Crippen LogP contribution in [0.1, 0.15) is 34.8 Å². The Hall–Kier alpha value is -2.86. The van der Waals surface area contributed by atoms with E-state index in [0.717, 1.165) is 38.0 Å². The third-order valence-electron chi connectivity index (χ3n) is 5.83. The van der Waals surface area contributed by atoms with Crippen LogP contribution in [0.25, 0.3) is 0 Å². The van der Waals surface area contributed by atoms with Gasteiger partial charge < -0.3 is 14.8 Å². The number of hydrogen-bond acceptors (Lipinski definition) is 6. The summed E-state index contributed by atoms with van der Waals surface area (Å²) in [7, 11) is 1.35. The van der Waals surface area contributed by atoms with Crippen LogP contribution in [0.3, 0.4) is 0 Å². The van der Waals surface area contributed by atoms with Crippen molar-refractivity contribution in [2.45, 2.75) is 25.0 Å². The third-order valence-corrected chi connectivity index (χ3v) is 5.83. The molecule has 3 heterocycles. The highest BCUT2D eigenvalue weighted by Crippen LogP contribution is 2.31. The zero-order valence-corrected chi connectivity index (χ0v) is 16.5. The van der Waals surface area contributed by atoms with E-state index in [4.69, 9.17) is 9.47 Å². The molecule has 0 amide bonds. The summed E-state index contributed by atoms with van der Waals surface area (Å²) in [6.07, 6.45) is 2.12. The summed E-state index contributed by atoms with van der Waals surface area (Å²) in [5.41, 5.74) is 1.91. The van der Waals surface area contributed by atoms with E-state index < -0.39 is 12.0 Å². The van der Waals surface area contributed by atoms with E-state index in [0.29, 0.717) is 17.2 Å². The minimum absolute atomic E-state index is 0.0561. The first-order valence-corrected chi connectivity index (χ1v) is 10.1. The quantitative estimate of drug-likeness (QED) is 0.759. The number of hydrogen-bond donors (Lipinski definition) is 1. The molecule has 3 saturated heterocycles. The van der Waals surface area contributed by atoms with Crippen LogP contribution in [-0.2, 0) is 14.3 Å². The topological polar surface area (TPSA) is 67.9 Å². The average molecular weight is 394 g/mol. The molecular formula is C23H26N2O4. The van der Waals surface area contributed by atoms with Crippen LogP contribution in [0.2, 0.25) is 0 Å². The van der Waals surface area contributed by atoms with Gasteiger partial charge in [0.2, 0.25) is 0 Å². The molecule has 0 aliphatic carbocycles. The fourth-order valence-corrected chi connectivity index (χ4v) is 4.21. The Morgan fingerprint density at radius 1 is 1.07 bits per heavy atom. The molecule has 2 bridgehead atoms. The Morgan fingerprint density at radius 2 is 1.83 bits per heavy atom. The van der Waals surface area contributed by atoms with Crippen molar-refractivity contribution in [1.82, 2.24) is 4.90 Å². The molecule has 3 aliphatic heterocycles. The van der Waals surface area contributed by atoms with Crippen LogP contribution < -0.4 is 5.32 Å². The van der Waals surface area contributed by atoms with Crippen LogP contribution in [0.4, 0.5) is 5.69 Å². The van der Waals surface area contributed by atoms with Gasteiger partial charge in [0.1, 0.15) is 6.10 Å². The fourth-order valence-electron chi connectivity index (χ4n) is 4.21. The van der Waals surface area contributed by atoms with Gasteiger partial charge >= 0.3 is 11.9 Å². The minimum Gasteiger partial charge on any atom is -0.465 e. The van der Waals surface area contributed by atoms with E-state index in [2.05, 4.69) is 10.2 Å². The lowest BCUT2D eigenvalue weighted by Gasteiger charge is -2.44. The second kappa shape index (κ2) is 8.66. The normalized spacial score (nSPS) is 23.8. The standard InChI is InChI=1S/C23H26N2O4/c1-28-22(26)18-8-5-9-19(14-18)24-21(17-6-3-2-4-7-17)23(27)29-20-15-25-12-10-16(20)11-13-25/h2-9,14,16,20-21,24H,10-13,15H2,1H3/t20-,21?/m0/s1. The number of ether oxygens (including phenoxy) is 2. The molecule has 3 aliphatic rings. The molecule has 3 fully saturated rings. The summed E-state index contributed by atoms with van der Waals surface area (Å²) >= 11 is 0. The SMILES string of the molecule is COC(=O)c1cccc(NC(C(=O)O[C@H]2CN3CCC2CC3)c2ccccc2)c1. The monoisotopic (exact) mass is 394 g/mol. The Labute approximate surface area is 170 Å². The van der Waals surface area contributed by atoms with E-state index in [1.165, 1.54) is 7.11 Å². The van der Waals surface area contributed by atoms with E-state index in [1.807, 2.05) is 36.4 Å². The Kier molecular flexibility index (Phi) is 5.81. The smallest absolute Gasteiger partial charge is 0.337 e. The molecule has 6 heteroatoms. The third kappa shape index (κ3) is 4.43. The van der Waals surface area contributed by atoms with Crippen LogP contribution in [-0.4, -0.2) is 49.7 Å². The van der Waals surface area contributed by atoms with Crippen molar-refractivity contribution in [2.24, 2.45) is 5.92 Å². The first-order chi connectivity index (χ1) is 14.1. The molecule has 2 aromatic carbocycles. The van der Waals surface area contributed by atoms with E-state index >= 15 is 0 Å². The lowest BCUT2D eigenvalue weighted by Crippen LogP contribution is -2.52. The van der Waals surface area contributed by atoms with Crippen LogP contribution >= 0.6 is 0 Å². The van der Waals surface area contributed by atoms with E-state index in [9.17, 15) is 9.59 Å². The van der Waals surface area contributed by atoms with Gasteiger partial charge in [-0.25, -0.2) is 9.59 Å². The zero-order valence-electron chi connectivity index (χ0n) is 16.5. The van der Waals surface area contributed by atoms with Crippen molar-refractivity contribution >= 4 is 17.6 Å². The Bertz CT molecular complexity index is 862. The number of rotatable bonds is 6. The van der Waals surface area contributed by atoms with E-state index in [-0.39, 0.29) is 12.1 Å². The van der Waals surface area contributed by atoms with Crippen molar-refractivity contribution in [3.8, 4) is 0 Å². The number of piperidine rings is 3. The highest BCUT2D eigenvalue weighted by Gasteiger charge is 2.37. The second-order valence-corrected chi connectivity index (χ2v) is 7.67. The number of methoxy groups -OCH3 is 1. The van der Waals surface area contributed by atoms with Gasteiger partial charge in [0.25, 0.3) is 0 Å². The molecule has 0 aromatic heterocycles. The number of carbonyl (C=O) groups is 2. The molecule has 2 atom stereocenters. The first kappa shape index (κ1) is 19.5. The Morgan fingerprint density at radius 3 is 2.48 bits per heavy atom. The van der Waals surface area contributed by atoms with Gasteiger partial charge in [-0.15, -0.1) is 0 Å². The van der Waals surface area contributed by atoms with Crippen LogP contribution in [0.15, 0.2) is 54.6 Å². The van der Waals surface area contributed by atoms with Gasteiger partial charge in [0, 0.05) is 12.2 Å². The van der Waals surface area contributed by atoms with Crippen LogP contribution in [0.5, 0.6) is 0 Å². The summed E-state index contributed by atoms with van der Waals surface area (Å²) in [6, 6.07) is 15.8. The molecule has 152 valence electrons. The number of nitrogens with zero attached hydrogens (tertiary/aromatic N) is 1. The van der Waals surface area contributed by atoms with Crippen LogP contribution in [0, 0.1) is 5.92 Å². The predicted molar refractivity (Wildman–Crippen MR) is 110 cm³/mol. The minimum atomic E-state index is -0.653. The molecule has 6 nitrogen and oxygen atoms in total. The number of benzene rings is 2. The summed E-state index contributed by atoms with van der Waals surface area (Å²) in [6.45, 7) is 3.01. The molecule has 0 spiro atoms. The molecule has 5 rings (SSSR count). The van der Waals surface area contributed by atoms with Gasteiger partial charge in [0.05, 0.1) is 12.7 Å². The lowest BCUT2D eigenvalue weighted by atomic mass is 9.86. The van der Waals surface area contributed by atoms with Gasteiger partial charge in [-0.2, -0.15) is 0 Å². The van der Waals surface area contributed by atoms with Crippen molar-refractivity contribution < 1.29 is 19.1 Å². The van der Waals surface area contributed by atoms with Crippen molar-refractivity contribution in [1.29, 1.82) is 0 Å². The maximum Gasteiger partial charge on any atom is 0.337 e. The first-order valence-electron chi connectivity index (χ1n) is 10.1. The number of fused-ring (bicyclic) bond motifs is 3. The number of anilines is 1. The lowest BCUT2D eigenvalue weighted by molar-refractivity contribution is -0.159. The second-order valence-electron chi connectivity index (χ2n) is 7.67. The van der Waals surface area contributed by atoms with Crippen molar-refractivity contribution in [2.75, 3.05) is 32.1 Å². The largest absolute Gasteiger partial charge is 0.465 e. The summed E-state index contributed by atoms with van der Waals surface area (Å²) in [4.78, 5) is 27.4. The molecule has 0 saturated carbocycles. The summed E-state index contributed by atoms with van der Waals surface area (Å²) < 4.78 is 10.8. The van der Waals surface area contributed by atoms with Gasteiger partial charge in [0.15, 0.2) is 6.04 Å². The molecule has 0 radical (unpaired) electrons. The average Bonchev–Trinajstić information content (AvgIpc) is 2.78. The van der Waals surface area contributed by atoms with Gasteiger partial charge in [-0.05, 0) is 55.6 Å². The summed E-state index contributed by atoms with van der Waals surface area (Å²) in [5, 5.41) is 3.25.